The highest BCUT2D eigenvalue weighted by Gasteiger charge is 2.28. The van der Waals surface area contributed by atoms with E-state index in [1.54, 1.807) is 0 Å². The van der Waals surface area contributed by atoms with Crippen molar-refractivity contribution in [1.82, 2.24) is 4.90 Å². The van der Waals surface area contributed by atoms with Gasteiger partial charge in [-0.1, -0.05) is 60.7 Å². The van der Waals surface area contributed by atoms with Crippen molar-refractivity contribution in [2.45, 2.75) is 45.0 Å². The van der Waals surface area contributed by atoms with E-state index in [1.165, 1.54) is 33.9 Å². The van der Waals surface area contributed by atoms with Crippen molar-refractivity contribution in [3.05, 3.63) is 83.4 Å². The van der Waals surface area contributed by atoms with Crippen LogP contribution in [0, 0.1) is 0 Å². The van der Waals surface area contributed by atoms with Gasteiger partial charge in [0.25, 0.3) is 0 Å². The summed E-state index contributed by atoms with van der Waals surface area (Å²) in [5.74, 6) is 0. The van der Waals surface area contributed by atoms with Gasteiger partial charge in [0, 0.05) is 12.6 Å². The van der Waals surface area contributed by atoms with Crippen LogP contribution in [0.3, 0.4) is 0 Å². The van der Waals surface area contributed by atoms with Crippen molar-refractivity contribution in [2.75, 3.05) is 0 Å². The lowest BCUT2D eigenvalue weighted by atomic mass is 9.86. The maximum absolute atomic E-state index is 10.5. The highest BCUT2D eigenvalue weighted by molar-refractivity contribution is 5.82. The maximum atomic E-state index is 10.5. The third-order valence-electron chi connectivity index (χ3n) is 5.40. The minimum Gasteiger partial charge on any atom is -0.379 e. The lowest BCUT2D eigenvalue weighted by molar-refractivity contribution is -0.0241. The molecule has 1 aliphatic carbocycles. The van der Waals surface area contributed by atoms with Crippen molar-refractivity contribution in [3.8, 4) is 0 Å². The minimum atomic E-state index is -0.470. The van der Waals surface area contributed by atoms with Gasteiger partial charge in [0.2, 0.25) is 0 Å². The average Bonchev–Trinajstić information content (AvgIpc) is 2.65. The Balaban J connectivity index is 1.65. The first-order valence-corrected chi connectivity index (χ1v) is 9.21. The molecule has 0 saturated carbocycles. The van der Waals surface area contributed by atoms with Crippen LogP contribution in [0.2, 0.25) is 0 Å². The molecule has 0 heterocycles. The fourth-order valence-corrected chi connectivity index (χ4v) is 4.12. The molecule has 0 spiro atoms. The molecule has 0 radical (unpaired) electrons. The third-order valence-corrected chi connectivity index (χ3v) is 5.40. The van der Waals surface area contributed by atoms with E-state index >= 15 is 0 Å². The number of rotatable bonds is 4. The summed E-state index contributed by atoms with van der Waals surface area (Å²) in [5.41, 5.74) is 4.07. The third kappa shape index (κ3) is 3.33. The first kappa shape index (κ1) is 16.3. The normalized spacial score (nSPS) is 18.3. The molecule has 0 bridgehead atoms. The van der Waals surface area contributed by atoms with E-state index in [2.05, 4.69) is 71.6 Å². The SMILES string of the molecule is CC(O)N(Cc1ccc2ccccc2c1)C1CCCc2ccccc21. The van der Waals surface area contributed by atoms with Crippen LogP contribution in [0.15, 0.2) is 66.7 Å². The Morgan fingerprint density at radius 3 is 2.60 bits per heavy atom. The van der Waals surface area contributed by atoms with Gasteiger partial charge >= 0.3 is 0 Å². The van der Waals surface area contributed by atoms with Gasteiger partial charge in [0.15, 0.2) is 0 Å². The smallest absolute Gasteiger partial charge is 0.105 e. The predicted molar refractivity (Wildman–Crippen MR) is 103 cm³/mol. The lowest BCUT2D eigenvalue weighted by Gasteiger charge is -2.37. The summed E-state index contributed by atoms with van der Waals surface area (Å²) in [5, 5.41) is 13.0. The second-order valence-electron chi connectivity index (χ2n) is 7.09. The highest BCUT2D eigenvalue weighted by Crippen LogP contribution is 2.36. The van der Waals surface area contributed by atoms with Gasteiger partial charge in [-0.05, 0) is 59.7 Å². The second-order valence-corrected chi connectivity index (χ2v) is 7.09. The van der Waals surface area contributed by atoms with Crippen molar-refractivity contribution in [1.29, 1.82) is 0 Å². The van der Waals surface area contributed by atoms with Crippen LogP contribution in [0.4, 0.5) is 0 Å². The molecule has 4 rings (SSSR count). The van der Waals surface area contributed by atoms with Gasteiger partial charge in [-0.3, -0.25) is 4.90 Å². The van der Waals surface area contributed by atoms with E-state index in [9.17, 15) is 5.11 Å². The summed E-state index contributed by atoms with van der Waals surface area (Å²) in [4.78, 5) is 2.24. The molecule has 2 unspecified atom stereocenters. The zero-order chi connectivity index (χ0) is 17.2. The van der Waals surface area contributed by atoms with Crippen LogP contribution in [0.25, 0.3) is 10.8 Å². The molecule has 0 amide bonds. The number of aliphatic hydroxyl groups excluding tert-OH is 1. The Hall–Kier alpha value is -2.16. The number of aryl methyl sites for hydroxylation is 1. The summed E-state index contributed by atoms with van der Waals surface area (Å²) in [6.07, 6.45) is 2.97. The lowest BCUT2D eigenvalue weighted by Crippen LogP contribution is -2.37. The Labute approximate surface area is 149 Å². The van der Waals surface area contributed by atoms with Crippen LogP contribution in [0.1, 0.15) is 42.5 Å². The van der Waals surface area contributed by atoms with Gasteiger partial charge in [0.05, 0.1) is 0 Å². The van der Waals surface area contributed by atoms with E-state index in [4.69, 9.17) is 0 Å². The van der Waals surface area contributed by atoms with Gasteiger partial charge in [-0.15, -0.1) is 0 Å². The Kier molecular flexibility index (Phi) is 4.56. The molecule has 2 heteroatoms. The van der Waals surface area contributed by atoms with Crippen LogP contribution < -0.4 is 0 Å². The molecule has 25 heavy (non-hydrogen) atoms. The fraction of sp³-hybridized carbons (Fsp3) is 0.304. The molecule has 2 nitrogen and oxygen atoms in total. The zero-order valence-corrected chi connectivity index (χ0v) is 14.7. The number of hydrogen-bond acceptors (Lipinski definition) is 2. The minimum absolute atomic E-state index is 0.288. The largest absolute Gasteiger partial charge is 0.379 e. The summed E-state index contributed by atoms with van der Waals surface area (Å²) < 4.78 is 0. The monoisotopic (exact) mass is 331 g/mol. The summed E-state index contributed by atoms with van der Waals surface area (Å²) >= 11 is 0. The average molecular weight is 331 g/mol. The molecule has 3 aromatic carbocycles. The number of benzene rings is 3. The number of hydrogen-bond donors (Lipinski definition) is 1. The molecule has 1 N–H and O–H groups in total. The zero-order valence-electron chi connectivity index (χ0n) is 14.7. The fourth-order valence-electron chi connectivity index (χ4n) is 4.12. The van der Waals surface area contributed by atoms with Gasteiger partial charge in [0.1, 0.15) is 6.23 Å². The molecular formula is C23H25NO. The number of fused-ring (bicyclic) bond motifs is 2. The predicted octanol–water partition coefficient (Wildman–Crippen LogP) is 5.06. The van der Waals surface area contributed by atoms with Crippen LogP contribution in [-0.2, 0) is 13.0 Å². The maximum Gasteiger partial charge on any atom is 0.105 e. The molecule has 0 aliphatic heterocycles. The Morgan fingerprint density at radius 2 is 1.76 bits per heavy atom. The highest BCUT2D eigenvalue weighted by atomic mass is 16.3. The van der Waals surface area contributed by atoms with E-state index in [0.29, 0.717) is 0 Å². The van der Waals surface area contributed by atoms with E-state index < -0.39 is 6.23 Å². The van der Waals surface area contributed by atoms with Crippen molar-refractivity contribution in [3.63, 3.8) is 0 Å². The summed E-state index contributed by atoms with van der Waals surface area (Å²) in [7, 11) is 0. The molecule has 0 saturated heterocycles. The van der Waals surface area contributed by atoms with Crippen molar-refractivity contribution >= 4 is 10.8 Å². The molecular weight excluding hydrogens is 306 g/mol. The van der Waals surface area contributed by atoms with Gasteiger partial charge in [-0.25, -0.2) is 0 Å². The van der Waals surface area contributed by atoms with Crippen molar-refractivity contribution < 1.29 is 5.11 Å². The first-order chi connectivity index (χ1) is 12.2. The molecule has 3 aromatic rings. The molecule has 1 aliphatic rings. The van der Waals surface area contributed by atoms with Crippen molar-refractivity contribution in [2.24, 2.45) is 0 Å². The van der Waals surface area contributed by atoms with Crippen LogP contribution in [0.5, 0.6) is 0 Å². The molecule has 128 valence electrons. The second kappa shape index (κ2) is 6.99. The molecule has 0 fully saturated rings. The quantitative estimate of drug-likeness (QED) is 0.676. The Morgan fingerprint density at radius 1 is 1.00 bits per heavy atom. The first-order valence-electron chi connectivity index (χ1n) is 9.21. The topological polar surface area (TPSA) is 23.5 Å². The molecule has 0 aromatic heterocycles. The van der Waals surface area contributed by atoms with Crippen LogP contribution >= 0.6 is 0 Å². The summed E-state index contributed by atoms with van der Waals surface area (Å²) in [6, 6.07) is 24.1. The van der Waals surface area contributed by atoms with Gasteiger partial charge in [-0.2, -0.15) is 0 Å². The van der Waals surface area contributed by atoms with Crippen LogP contribution in [-0.4, -0.2) is 16.2 Å². The van der Waals surface area contributed by atoms with E-state index in [1.807, 2.05) is 6.92 Å². The number of aliphatic hydroxyl groups is 1. The summed E-state index contributed by atoms with van der Waals surface area (Å²) in [6.45, 7) is 2.65. The number of nitrogens with zero attached hydrogens (tertiary/aromatic N) is 1. The van der Waals surface area contributed by atoms with E-state index in [-0.39, 0.29) is 6.04 Å². The Bertz CT molecular complexity index is 871. The molecule has 2 atom stereocenters. The van der Waals surface area contributed by atoms with Gasteiger partial charge < -0.3 is 5.11 Å². The standard InChI is InChI=1S/C23H25NO/c1-17(25)24(23-12-6-10-20-8-4-5-11-22(20)23)16-18-13-14-19-7-2-3-9-21(19)15-18/h2-5,7-9,11,13-15,17,23,25H,6,10,12,16H2,1H3. The van der Waals surface area contributed by atoms with E-state index in [0.717, 1.165) is 19.4 Å².